The Kier molecular flexibility index (Phi) is 6.51. The van der Waals surface area contributed by atoms with Gasteiger partial charge >= 0.3 is 0 Å². The minimum atomic E-state index is 0.189. The molecule has 200 valence electrons. The topological polar surface area (TPSA) is 117 Å². The number of rotatable bonds is 6. The summed E-state index contributed by atoms with van der Waals surface area (Å²) in [5.74, 6) is 0.899. The smallest absolute Gasteiger partial charge is 0.234 e. The van der Waals surface area contributed by atoms with Crippen molar-refractivity contribution >= 4 is 28.0 Å². The van der Waals surface area contributed by atoms with E-state index in [1.54, 1.807) is 6.20 Å². The Morgan fingerprint density at radius 2 is 1.61 bits per heavy atom. The fourth-order valence-electron chi connectivity index (χ4n) is 5.41. The summed E-state index contributed by atoms with van der Waals surface area (Å²) in [6.07, 6.45) is 5.09. The first kappa shape index (κ1) is 24.8. The van der Waals surface area contributed by atoms with Gasteiger partial charge in [0.2, 0.25) is 5.82 Å². The van der Waals surface area contributed by atoms with Crippen LogP contribution in [0.3, 0.4) is 0 Å². The SMILES string of the molecule is N#Cc1nccc(NC2CCN(Cc3ccc(-c4nc5ccc6ocnc6c5nc4-c4ccccc4)cc3)CC2)n1. The maximum absolute atomic E-state index is 9.04. The van der Waals surface area contributed by atoms with Crippen molar-refractivity contribution in [1.29, 1.82) is 5.26 Å². The van der Waals surface area contributed by atoms with E-state index in [2.05, 4.69) is 61.6 Å². The van der Waals surface area contributed by atoms with Crippen molar-refractivity contribution in [3.05, 3.63) is 96.8 Å². The van der Waals surface area contributed by atoms with E-state index in [0.29, 0.717) is 17.4 Å². The first-order valence-electron chi connectivity index (χ1n) is 13.6. The Bertz CT molecular complexity index is 1870. The standard InChI is InChI=1S/C32H26N8O/c33-18-28-34-15-12-27(38-28)36-24-13-16-40(17-14-24)19-21-6-8-23(9-7-21)29-30(22-4-2-1-3-5-22)39-31-25(37-29)10-11-26-32(31)35-20-41-26/h1-12,15,20,24H,13-14,16-17,19H2,(H,34,36,38). The van der Waals surface area contributed by atoms with Crippen LogP contribution in [0.15, 0.2) is 89.8 Å². The van der Waals surface area contributed by atoms with Crippen molar-refractivity contribution in [2.45, 2.75) is 25.4 Å². The van der Waals surface area contributed by atoms with Crippen LogP contribution in [0.5, 0.6) is 0 Å². The van der Waals surface area contributed by atoms with Gasteiger partial charge in [-0.1, -0.05) is 54.6 Å². The zero-order valence-corrected chi connectivity index (χ0v) is 22.2. The lowest BCUT2D eigenvalue weighted by atomic mass is 10.0. The second-order valence-corrected chi connectivity index (χ2v) is 10.2. The van der Waals surface area contributed by atoms with E-state index in [1.807, 2.05) is 42.5 Å². The van der Waals surface area contributed by atoms with E-state index in [4.69, 9.17) is 19.6 Å². The lowest BCUT2D eigenvalue weighted by Gasteiger charge is -2.32. The Morgan fingerprint density at radius 3 is 2.41 bits per heavy atom. The fourth-order valence-corrected chi connectivity index (χ4v) is 5.41. The number of hydrogen-bond acceptors (Lipinski definition) is 9. The zero-order valence-electron chi connectivity index (χ0n) is 22.2. The van der Waals surface area contributed by atoms with Crippen LogP contribution in [0, 0.1) is 11.3 Å². The molecule has 7 rings (SSSR count). The number of nitrogens with zero attached hydrogens (tertiary/aromatic N) is 7. The molecule has 0 saturated carbocycles. The maximum atomic E-state index is 9.04. The molecule has 0 amide bonds. The van der Waals surface area contributed by atoms with Gasteiger partial charge in [-0.3, -0.25) is 4.90 Å². The molecule has 1 saturated heterocycles. The molecular formula is C32H26N8O. The van der Waals surface area contributed by atoms with Crippen LogP contribution in [-0.4, -0.2) is 49.0 Å². The van der Waals surface area contributed by atoms with Crippen molar-refractivity contribution < 1.29 is 4.42 Å². The number of oxazole rings is 1. The summed E-state index contributed by atoms with van der Waals surface area (Å²) in [6.45, 7) is 2.86. The Hall–Kier alpha value is -5.20. The number of hydrogen-bond donors (Lipinski definition) is 1. The molecule has 1 N–H and O–H groups in total. The van der Waals surface area contributed by atoms with Crippen LogP contribution >= 0.6 is 0 Å². The van der Waals surface area contributed by atoms with E-state index in [1.165, 1.54) is 12.0 Å². The molecule has 3 aromatic carbocycles. The molecule has 9 heteroatoms. The molecule has 41 heavy (non-hydrogen) atoms. The summed E-state index contributed by atoms with van der Waals surface area (Å²) in [6, 6.07) is 26.8. The van der Waals surface area contributed by atoms with Crippen molar-refractivity contribution in [1.82, 2.24) is 29.8 Å². The number of anilines is 1. The molecular weight excluding hydrogens is 512 g/mol. The van der Waals surface area contributed by atoms with Gasteiger partial charge in [-0.2, -0.15) is 5.26 Å². The van der Waals surface area contributed by atoms with Crippen molar-refractivity contribution in [3.63, 3.8) is 0 Å². The average Bonchev–Trinajstić information content (AvgIpc) is 3.52. The highest BCUT2D eigenvalue weighted by molar-refractivity contribution is 6.01. The Labute approximate surface area is 236 Å². The molecule has 1 aliphatic heterocycles. The second-order valence-electron chi connectivity index (χ2n) is 10.2. The molecule has 0 atom stereocenters. The van der Waals surface area contributed by atoms with Crippen LogP contribution in [0.25, 0.3) is 44.6 Å². The van der Waals surface area contributed by atoms with Gasteiger partial charge in [-0.25, -0.2) is 24.9 Å². The molecule has 1 aliphatic rings. The molecule has 0 spiro atoms. The average molecular weight is 539 g/mol. The lowest BCUT2D eigenvalue weighted by molar-refractivity contribution is 0.211. The van der Waals surface area contributed by atoms with Crippen LogP contribution in [0.2, 0.25) is 0 Å². The monoisotopic (exact) mass is 538 g/mol. The van der Waals surface area contributed by atoms with Gasteiger partial charge in [0.05, 0.1) is 16.9 Å². The number of benzene rings is 3. The van der Waals surface area contributed by atoms with E-state index in [-0.39, 0.29) is 5.82 Å². The van der Waals surface area contributed by atoms with Crippen LogP contribution in [-0.2, 0) is 6.54 Å². The highest BCUT2D eigenvalue weighted by Crippen LogP contribution is 2.33. The molecule has 4 heterocycles. The number of likely N-dealkylation sites (tertiary alicyclic amines) is 1. The van der Waals surface area contributed by atoms with E-state index in [0.717, 1.165) is 71.5 Å². The van der Waals surface area contributed by atoms with E-state index < -0.39 is 0 Å². The van der Waals surface area contributed by atoms with Gasteiger partial charge in [0, 0.05) is 43.0 Å². The summed E-state index contributed by atoms with van der Waals surface area (Å²) in [5.41, 5.74) is 7.88. The minimum Gasteiger partial charge on any atom is -0.443 e. The first-order chi connectivity index (χ1) is 20.2. The molecule has 6 aromatic rings. The maximum Gasteiger partial charge on any atom is 0.234 e. The van der Waals surface area contributed by atoms with Crippen molar-refractivity contribution in [3.8, 4) is 28.6 Å². The predicted octanol–water partition coefficient (Wildman–Crippen LogP) is 5.84. The zero-order chi connectivity index (χ0) is 27.6. The summed E-state index contributed by atoms with van der Waals surface area (Å²) < 4.78 is 5.50. The summed E-state index contributed by atoms with van der Waals surface area (Å²) >= 11 is 0. The number of nitriles is 1. The largest absolute Gasteiger partial charge is 0.443 e. The molecule has 1 fully saturated rings. The predicted molar refractivity (Wildman–Crippen MR) is 157 cm³/mol. The molecule has 9 nitrogen and oxygen atoms in total. The Balaban J connectivity index is 1.09. The third kappa shape index (κ3) is 5.09. The normalized spacial score (nSPS) is 14.3. The minimum absolute atomic E-state index is 0.189. The molecule has 3 aromatic heterocycles. The number of aromatic nitrogens is 5. The number of fused-ring (bicyclic) bond motifs is 3. The van der Waals surface area contributed by atoms with Crippen LogP contribution < -0.4 is 5.32 Å². The molecule has 0 radical (unpaired) electrons. The highest BCUT2D eigenvalue weighted by Gasteiger charge is 2.20. The van der Waals surface area contributed by atoms with Crippen molar-refractivity contribution in [2.75, 3.05) is 18.4 Å². The van der Waals surface area contributed by atoms with Crippen molar-refractivity contribution in [2.24, 2.45) is 0 Å². The van der Waals surface area contributed by atoms with Gasteiger partial charge in [-0.15, -0.1) is 0 Å². The van der Waals surface area contributed by atoms with Gasteiger partial charge in [-0.05, 0) is 36.6 Å². The van der Waals surface area contributed by atoms with Gasteiger partial charge < -0.3 is 9.73 Å². The summed E-state index contributed by atoms with van der Waals surface area (Å²) in [5, 5.41) is 12.5. The highest BCUT2D eigenvalue weighted by atomic mass is 16.3. The Morgan fingerprint density at radius 1 is 0.829 bits per heavy atom. The van der Waals surface area contributed by atoms with Gasteiger partial charge in [0.25, 0.3) is 0 Å². The van der Waals surface area contributed by atoms with E-state index >= 15 is 0 Å². The second kappa shape index (κ2) is 10.8. The number of nitrogens with one attached hydrogen (secondary N) is 1. The van der Waals surface area contributed by atoms with Gasteiger partial charge in [0.1, 0.15) is 22.9 Å². The molecule has 0 aliphatic carbocycles. The van der Waals surface area contributed by atoms with Gasteiger partial charge in [0.15, 0.2) is 12.0 Å². The molecule has 0 bridgehead atoms. The fraction of sp³-hybridized carbons (Fsp3) is 0.188. The van der Waals surface area contributed by atoms with Crippen LogP contribution in [0.4, 0.5) is 5.82 Å². The quantitative estimate of drug-likeness (QED) is 0.279. The van der Waals surface area contributed by atoms with Crippen LogP contribution in [0.1, 0.15) is 24.2 Å². The third-order valence-corrected chi connectivity index (χ3v) is 7.51. The first-order valence-corrected chi connectivity index (χ1v) is 13.6. The van der Waals surface area contributed by atoms with E-state index in [9.17, 15) is 0 Å². The molecule has 0 unspecified atom stereocenters. The summed E-state index contributed by atoms with van der Waals surface area (Å²) in [4.78, 5) is 25.2. The number of piperidine rings is 1. The lowest BCUT2D eigenvalue weighted by Crippen LogP contribution is -2.38. The summed E-state index contributed by atoms with van der Waals surface area (Å²) in [7, 11) is 0. The third-order valence-electron chi connectivity index (χ3n) is 7.51.